The lowest BCUT2D eigenvalue weighted by Gasteiger charge is -2.31. The molecule has 8 nitrogen and oxygen atoms in total. The molecule has 3 aromatic rings. The van der Waals surface area contributed by atoms with Crippen LogP contribution in [0.5, 0.6) is 0 Å². The Hall–Kier alpha value is -4.38. The summed E-state index contributed by atoms with van der Waals surface area (Å²) in [6, 6.07) is 22.9. The zero-order valence-corrected chi connectivity index (χ0v) is 22.4. The molecule has 0 heterocycles. The first kappa shape index (κ1) is 29.6. The van der Waals surface area contributed by atoms with Gasteiger partial charge in [0, 0.05) is 19.0 Å². The van der Waals surface area contributed by atoms with Gasteiger partial charge in [0.1, 0.15) is 12.6 Å². The summed E-state index contributed by atoms with van der Waals surface area (Å²) in [5.74, 6) is -3.88. The first-order valence-electron chi connectivity index (χ1n) is 12.9. The van der Waals surface area contributed by atoms with Gasteiger partial charge in [-0.25, -0.2) is 9.59 Å². The number of hydrogen-bond acceptors (Lipinski definition) is 5. The van der Waals surface area contributed by atoms with Gasteiger partial charge in [0.05, 0.1) is 0 Å². The van der Waals surface area contributed by atoms with Crippen molar-refractivity contribution >= 4 is 18.0 Å². The number of ether oxygens (including phenoxy) is 1. The standard InChI is InChI=1S/C30H30F3N3O5/c1-29(27(38)39,30(31,32)33)35-26(37)25(17-36(2)16-19-10-4-3-5-11-19)34-28(40)41-18-24-22-14-8-6-12-20(22)21-13-7-9-15-23(21)24/h3-15,24-25H,16-18H2,1-2H3,(H,34,40)(H,35,37)(H,38,39). The van der Waals surface area contributed by atoms with E-state index in [0.717, 1.165) is 27.8 Å². The smallest absolute Gasteiger partial charge is 0.422 e. The quantitative estimate of drug-likeness (QED) is 0.331. The van der Waals surface area contributed by atoms with Crippen molar-refractivity contribution < 1.29 is 37.4 Å². The molecule has 216 valence electrons. The maximum atomic E-state index is 13.6. The predicted octanol–water partition coefficient (Wildman–Crippen LogP) is 4.55. The molecule has 2 amide bonds. The van der Waals surface area contributed by atoms with Crippen LogP contribution in [0.3, 0.4) is 0 Å². The average Bonchev–Trinajstić information content (AvgIpc) is 3.25. The van der Waals surface area contributed by atoms with Crippen LogP contribution in [0.4, 0.5) is 18.0 Å². The number of halogens is 3. The van der Waals surface area contributed by atoms with E-state index in [2.05, 4.69) is 5.32 Å². The summed E-state index contributed by atoms with van der Waals surface area (Å²) in [6.07, 6.45) is -6.32. The van der Waals surface area contributed by atoms with Crippen LogP contribution in [0, 0.1) is 0 Å². The molecule has 2 unspecified atom stereocenters. The van der Waals surface area contributed by atoms with E-state index in [1.165, 1.54) is 0 Å². The molecule has 41 heavy (non-hydrogen) atoms. The van der Waals surface area contributed by atoms with Crippen LogP contribution in [0.1, 0.15) is 29.5 Å². The summed E-state index contributed by atoms with van der Waals surface area (Å²) in [6.45, 7) is 0.361. The van der Waals surface area contributed by atoms with E-state index in [-0.39, 0.29) is 19.1 Å². The molecule has 2 atom stereocenters. The van der Waals surface area contributed by atoms with Gasteiger partial charge >= 0.3 is 18.2 Å². The molecule has 1 aliphatic rings. The number of nitrogens with zero attached hydrogens (tertiary/aromatic N) is 1. The second-order valence-corrected chi connectivity index (χ2v) is 10.1. The second kappa shape index (κ2) is 12.0. The molecule has 0 bridgehead atoms. The topological polar surface area (TPSA) is 108 Å². The minimum atomic E-state index is -5.29. The van der Waals surface area contributed by atoms with Crippen LogP contribution in [-0.4, -0.2) is 65.9 Å². The molecule has 1 aliphatic carbocycles. The van der Waals surface area contributed by atoms with Gasteiger partial charge in [-0.3, -0.25) is 9.69 Å². The van der Waals surface area contributed by atoms with Gasteiger partial charge in [0.15, 0.2) is 0 Å². The molecule has 0 saturated carbocycles. The third-order valence-electron chi connectivity index (χ3n) is 7.11. The first-order chi connectivity index (χ1) is 19.4. The Morgan fingerprint density at radius 2 is 1.46 bits per heavy atom. The maximum absolute atomic E-state index is 13.6. The van der Waals surface area contributed by atoms with E-state index in [0.29, 0.717) is 13.5 Å². The summed E-state index contributed by atoms with van der Waals surface area (Å²) in [5, 5.41) is 13.2. The van der Waals surface area contributed by atoms with Crippen molar-refractivity contribution in [1.82, 2.24) is 15.5 Å². The number of amides is 2. The highest BCUT2D eigenvalue weighted by molar-refractivity contribution is 5.92. The van der Waals surface area contributed by atoms with Crippen LogP contribution < -0.4 is 10.6 Å². The lowest BCUT2D eigenvalue weighted by molar-refractivity contribution is -0.207. The molecule has 0 fully saturated rings. The fraction of sp³-hybridized carbons (Fsp3) is 0.300. The van der Waals surface area contributed by atoms with E-state index in [1.54, 1.807) is 17.3 Å². The molecule has 11 heteroatoms. The van der Waals surface area contributed by atoms with Crippen LogP contribution >= 0.6 is 0 Å². The number of carboxylic acids is 1. The monoisotopic (exact) mass is 569 g/mol. The summed E-state index contributed by atoms with van der Waals surface area (Å²) in [5.41, 5.74) is 1.24. The number of alkyl halides is 3. The van der Waals surface area contributed by atoms with Crippen LogP contribution in [0.15, 0.2) is 78.9 Å². The van der Waals surface area contributed by atoms with Gasteiger partial charge in [-0.05, 0) is 41.8 Å². The highest BCUT2D eigenvalue weighted by Gasteiger charge is 2.59. The van der Waals surface area contributed by atoms with Gasteiger partial charge in [-0.15, -0.1) is 0 Å². The molecule has 3 aromatic carbocycles. The molecule has 0 saturated heterocycles. The maximum Gasteiger partial charge on any atom is 0.422 e. The lowest BCUT2D eigenvalue weighted by Crippen LogP contribution is -2.65. The number of carboxylic acid groups (broad SMARTS) is 1. The Morgan fingerprint density at radius 1 is 0.927 bits per heavy atom. The Balaban J connectivity index is 1.50. The van der Waals surface area contributed by atoms with E-state index >= 15 is 0 Å². The van der Waals surface area contributed by atoms with Crippen LogP contribution in [0.2, 0.25) is 0 Å². The number of carbonyl (C=O) groups is 3. The number of hydrogen-bond donors (Lipinski definition) is 3. The largest absolute Gasteiger partial charge is 0.479 e. The Bertz CT molecular complexity index is 1370. The number of likely N-dealkylation sites (N-methyl/N-ethyl adjacent to an activating group) is 1. The van der Waals surface area contributed by atoms with E-state index in [1.807, 2.05) is 78.9 Å². The van der Waals surface area contributed by atoms with Crippen molar-refractivity contribution in [2.24, 2.45) is 0 Å². The van der Waals surface area contributed by atoms with Gasteiger partial charge < -0.3 is 20.5 Å². The molecular weight excluding hydrogens is 539 g/mol. The predicted molar refractivity (Wildman–Crippen MR) is 145 cm³/mol. The third-order valence-corrected chi connectivity index (χ3v) is 7.11. The Labute approximate surface area is 235 Å². The molecule has 0 radical (unpaired) electrons. The van der Waals surface area contributed by atoms with Crippen molar-refractivity contribution in [2.45, 2.75) is 37.1 Å². The minimum absolute atomic E-state index is 0.0799. The fourth-order valence-corrected chi connectivity index (χ4v) is 4.83. The van der Waals surface area contributed by atoms with Crippen molar-refractivity contribution in [3.63, 3.8) is 0 Å². The van der Waals surface area contributed by atoms with Crippen molar-refractivity contribution in [1.29, 1.82) is 0 Å². The van der Waals surface area contributed by atoms with Crippen molar-refractivity contribution in [3.8, 4) is 11.1 Å². The molecule has 3 N–H and O–H groups in total. The van der Waals surface area contributed by atoms with Crippen LogP contribution in [-0.2, 0) is 20.9 Å². The number of alkyl carbamates (subject to hydrolysis) is 1. The number of fused-ring (bicyclic) bond motifs is 3. The molecule has 4 rings (SSSR count). The lowest BCUT2D eigenvalue weighted by atomic mass is 9.98. The summed E-state index contributed by atoms with van der Waals surface area (Å²) in [4.78, 5) is 39.1. The Kier molecular flexibility index (Phi) is 8.67. The second-order valence-electron chi connectivity index (χ2n) is 10.1. The number of benzene rings is 3. The highest BCUT2D eigenvalue weighted by atomic mass is 19.4. The van der Waals surface area contributed by atoms with E-state index in [9.17, 15) is 32.7 Å². The van der Waals surface area contributed by atoms with Crippen molar-refractivity contribution in [2.75, 3.05) is 20.2 Å². The Morgan fingerprint density at radius 3 is 2.00 bits per heavy atom. The number of rotatable bonds is 10. The van der Waals surface area contributed by atoms with Crippen LogP contribution in [0.25, 0.3) is 11.1 Å². The first-order valence-corrected chi connectivity index (χ1v) is 12.9. The minimum Gasteiger partial charge on any atom is -0.479 e. The summed E-state index contributed by atoms with van der Waals surface area (Å²) >= 11 is 0. The van der Waals surface area contributed by atoms with Gasteiger partial charge in [0.2, 0.25) is 11.4 Å². The number of aliphatic carboxylic acids is 1. The normalized spacial score (nSPS) is 14.9. The van der Waals surface area contributed by atoms with E-state index < -0.39 is 35.7 Å². The zero-order chi connectivity index (χ0) is 29.8. The SMILES string of the molecule is CN(Cc1ccccc1)CC(NC(=O)OCC1c2ccccc2-c2ccccc21)C(=O)NC(C)(C(=O)O)C(F)(F)F. The van der Waals surface area contributed by atoms with Gasteiger partial charge in [0.25, 0.3) is 0 Å². The molecule has 0 aliphatic heterocycles. The molecule has 0 spiro atoms. The van der Waals surface area contributed by atoms with Gasteiger partial charge in [-0.2, -0.15) is 13.2 Å². The number of nitrogens with one attached hydrogen (secondary N) is 2. The van der Waals surface area contributed by atoms with E-state index in [4.69, 9.17) is 4.74 Å². The fourth-order valence-electron chi connectivity index (χ4n) is 4.83. The summed E-state index contributed by atoms with van der Waals surface area (Å²) < 4.78 is 46.3. The third kappa shape index (κ3) is 6.51. The summed E-state index contributed by atoms with van der Waals surface area (Å²) in [7, 11) is 1.62. The molecular formula is C30H30F3N3O5. The van der Waals surface area contributed by atoms with Gasteiger partial charge in [-0.1, -0.05) is 78.9 Å². The number of carbonyl (C=O) groups excluding carboxylic acids is 2. The zero-order valence-electron chi connectivity index (χ0n) is 22.4. The highest BCUT2D eigenvalue weighted by Crippen LogP contribution is 2.44. The average molecular weight is 570 g/mol. The van der Waals surface area contributed by atoms with Crippen molar-refractivity contribution in [3.05, 3.63) is 95.6 Å². The molecule has 0 aromatic heterocycles.